The number of carbonyl (C=O) groups is 2. The molecule has 1 aromatic heterocycles. The Bertz CT molecular complexity index is 909. The van der Waals surface area contributed by atoms with Gasteiger partial charge in [0.2, 0.25) is 12.1 Å². The predicted octanol–water partition coefficient (Wildman–Crippen LogP) is 1.64. The highest BCUT2D eigenvalue weighted by atomic mass is 19.1. The summed E-state index contributed by atoms with van der Waals surface area (Å²) in [6, 6.07) is 0. The summed E-state index contributed by atoms with van der Waals surface area (Å²) in [7, 11) is 0. The minimum Gasteiger partial charge on any atom is -0.360 e. The van der Waals surface area contributed by atoms with Crippen LogP contribution in [0.25, 0.3) is 0 Å². The molecule has 0 saturated carbocycles. The van der Waals surface area contributed by atoms with E-state index in [1.165, 1.54) is 0 Å². The van der Waals surface area contributed by atoms with Crippen LogP contribution in [0, 0.1) is 11.8 Å². The Morgan fingerprint density at radius 1 is 1.14 bits per heavy atom. The van der Waals surface area contributed by atoms with Crippen molar-refractivity contribution in [2.75, 3.05) is 26.2 Å². The van der Waals surface area contributed by atoms with Crippen molar-refractivity contribution in [1.82, 2.24) is 15.0 Å². The van der Waals surface area contributed by atoms with E-state index in [0.29, 0.717) is 44.3 Å². The number of guanidine groups is 1. The van der Waals surface area contributed by atoms with E-state index in [4.69, 9.17) is 4.52 Å². The topological polar surface area (TPSA) is 91.4 Å². The highest BCUT2D eigenvalue weighted by Crippen LogP contribution is 2.34. The summed E-state index contributed by atoms with van der Waals surface area (Å²) in [5.41, 5.74) is 1.70. The molecule has 2 fully saturated rings. The third kappa shape index (κ3) is 3.07. The Balaban J connectivity index is 1.26. The van der Waals surface area contributed by atoms with E-state index >= 15 is 0 Å². The molecule has 8 nitrogen and oxygen atoms in total. The third-order valence-corrected chi connectivity index (χ3v) is 6.53. The van der Waals surface area contributed by atoms with Gasteiger partial charge in [-0.1, -0.05) is 12.1 Å². The second kappa shape index (κ2) is 7.03. The molecule has 0 aromatic carbocycles. The SMILES string of the molecule is CCC1=NC(N2CC3CN(C(=O)c4noc5c4CCCC5)CC3C2)=NC(=O)C1F. The lowest BCUT2D eigenvalue weighted by Gasteiger charge is -2.24. The number of likely N-dealkylation sites (tertiary alicyclic amines) is 2. The summed E-state index contributed by atoms with van der Waals surface area (Å²) in [6.45, 7) is 4.38. The number of alkyl halides is 1. The zero-order valence-corrected chi connectivity index (χ0v) is 16.4. The highest BCUT2D eigenvalue weighted by Gasteiger charge is 2.44. The number of nitrogens with zero attached hydrogens (tertiary/aromatic N) is 5. The monoisotopic (exact) mass is 401 g/mol. The molecule has 3 unspecified atom stereocenters. The van der Waals surface area contributed by atoms with Crippen LogP contribution in [0.2, 0.25) is 0 Å². The van der Waals surface area contributed by atoms with Crippen LogP contribution in [0.5, 0.6) is 0 Å². The molecule has 0 N–H and O–H groups in total. The first-order chi connectivity index (χ1) is 14.0. The molecule has 0 radical (unpaired) electrons. The smallest absolute Gasteiger partial charge is 0.289 e. The van der Waals surface area contributed by atoms with Crippen molar-refractivity contribution in [2.45, 2.75) is 45.2 Å². The number of hydrogen-bond acceptors (Lipinski definition) is 6. The van der Waals surface area contributed by atoms with Gasteiger partial charge in [-0.15, -0.1) is 0 Å². The van der Waals surface area contributed by atoms with Gasteiger partial charge in [0, 0.05) is 50.0 Å². The number of fused-ring (bicyclic) bond motifs is 2. The molecule has 29 heavy (non-hydrogen) atoms. The fourth-order valence-electron chi connectivity index (χ4n) is 4.93. The van der Waals surface area contributed by atoms with Crippen molar-refractivity contribution in [2.24, 2.45) is 21.8 Å². The number of carbonyl (C=O) groups excluding carboxylic acids is 2. The van der Waals surface area contributed by atoms with Gasteiger partial charge >= 0.3 is 0 Å². The lowest BCUT2D eigenvalue weighted by Crippen LogP contribution is -2.39. The molecule has 1 aromatic rings. The quantitative estimate of drug-likeness (QED) is 0.751. The normalized spacial score (nSPS) is 28.9. The van der Waals surface area contributed by atoms with E-state index < -0.39 is 12.1 Å². The van der Waals surface area contributed by atoms with Gasteiger partial charge in [0.15, 0.2) is 5.69 Å². The van der Waals surface area contributed by atoms with Crippen molar-refractivity contribution in [3.8, 4) is 0 Å². The van der Waals surface area contributed by atoms with Crippen LogP contribution in [-0.4, -0.2) is 70.8 Å². The Kier molecular flexibility index (Phi) is 4.48. The van der Waals surface area contributed by atoms with Crippen LogP contribution < -0.4 is 0 Å². The van der Waals surface area contributed by atoms with Crippen molar-refractivity contribution in [3.63, 3.8) is 0 Å². The van der Waals surface area contributed by atoms with E-state index in [1.807, 2.05) is 9.80 Å². The maximum absolute atomic E-state index is 13.9. The molecule has 0 bridgehead atoms. The first kappa shape index (κ1) is 18.4. The van der Waals surface area contributed by atoms with Gasteiger partial charge in [-0.3, -0.25) is 9.59 Å². The van der Waals surface area contributed by atoms with Gasteiger partial charge in [-0.05, 0) is 25.7 Å². The third-order valence-electron chi connectivity index (χ3n) is 6.53. The fraction of sp³-hybridized carbons (Fsp3) is 0.650. The summed E-state index contributed by atoms with van der Waals surface area (Å²) >= 11 is 0. The summed E-state index contributed by atoms with van der Waals surface area (Å²) in [6.07, 6.45) is 2.53. The van der Waals surface area contributed by atoms with Gasteiger partial charge in [0.25, 0.3) is 11.8 Å². The lowest BCUT2D eigenvalue weighted by molar-refractivity contribution is -0.120. The predicted molar refractivity (Wildman–Crippen MR) is 103 cm³/mol. The standard InChI is InChI=1S/C20H24FN5O3/c1-2-14-16(21)18(27)23-20(22-14)26-9-11-7-25(8-12(11)10-26)19(28)17-13-5-3-4-6-15(13)29-24-17/h11-12,16H,2-10H2,1H3. The van der Waals surface area contributed by atoms with Gasteiger partial charge in [0.1, 0.15) is 5.76 Å². The number of hydrogen-bond donors (Lipinski definition) is 0. The molecule has 1 aliphatic carbocycles. The van der Waals surface area contributed by atoms with Crippen molar-refractivity contribution in [3.05, 3.63) is 17.0 Å². The van der Waals surface area contributed by atoms with Crippen molar-refractivity contribution in [1.29, 1.82) is 0 Å². The highest BCUT2D eigenvalue weighted by molar-refractivity contribution is 6.17. The van der Waals surface area contributed by atoms with Crippen LogP contribution in [0.3, 0.4) is 0 Å². The summed E-state index contributed by atoms with van der Waals surface area (Å²) in [5.74, 6) is 0.927. The molecule has 5 rings (SSSR count). The zero-order chi connectivity index (χ0) is 20.1. The second-order valence-electron chi connectivity index (χ2n) is 8.34. The number of halogens is 1. The average Bonchev–Trinajstić information content (AvgIpc) is 3.42. The number of rotatable bonds is 2. The first-order valence-corrected chi connectivity index (χ1v) is 10.4. The van der Waals surface area contributed by atoms with Crippen LogP contribution in [0.1, 0.15) is 48.0 Å². The maximum Gasteiger partial charge on any atom is 0.289 e. The van der Waals surface area contributed by atoms with Gasteiger partial charge in [-0.25, -0.2) is 9.38 Å². The Morgan fingerprint density at radius 3 is 2.59 bits per heavy atom. The van der Waals surface area contributed by atoms with Gasteiger partial charge in [0.05, 0.1) is 5.71 Å². The van der Waals surface area contributed by atoms with Crippen molar-refractivity contribution >= 4 is 23.5 Å². The fourth-order valence-corrected chi connectivity index (χ4v) is 4.93. The van der Waals surface area contributed by atoms with Crippen LogP contribution in [0.15, 0.2) is 14.5 Å². The van der Waals surface area contributed by atoms with E-state index in [1.54, 1.807) is 6.92 Å². The Morgan fingerprint density at radius 2 is 1.86 bits per heavy atom. The van der Waals surface area contributed by atoms with Gasteiger partial charge in [-0.2, -0.15) is 4.99 Å². The minimum atomic E-state index is -1.72. The minimum absolute atomic E-state index is 0.0467. The van der Waals surface area contributed by atoms with Crippen molar-refractivity contribution < 1.29 is 18.5 Å². The lowest BCUT2D eigenvalue weighted by atomic mass is 9.96. The van der Waals surface area contributed by atoms with Gasteiger partial charge < -0.3 is 14.3 Å². The molecule has 4 aliphatic rings. The summed E-state index contributed by atoms with van der Waals surface area (Å²) < 4.78 is 19.3. The number of amides is 2. The summed E-state index contributed by atoms with van der Waals surface area (Å²) in [4.78, 5) is 36.8. The number of aromatic nitrogens is 1. The molecule has 3 aliphatic heterocycles. The van der Waals surface area contributed by atoms with Crippen LogP contribution in [0.4, 0.5) is 4.39 Å². The van der Waals surface area contributed by atoms with E-state index in [9.17, 15) is 14.0 Å². The van der Waals surface area contributed by atoms with E-state index in [2.05, 4.69) is 15.1 Å². The molecule has 154 valence electrons. The zero-order valence-electron chi connectivity index (χ0n) is 16.4. The molecule has 3 atom stereocenters. The maximum atomic E-state index is 13.9. The molecule has 4 heterocycles. The first-order valence-electron chi connectivity index (χ1n) is 10.4. The molecule has 9 heteroatoms. The molecule has 2 saturated heterocycles. The Labute approximate surface area is 167 Å². The largest absolute Gasteiger partial charge is 0.360 e. The number of aliphatic imine (C=N–C) groups is 2. The molecule has 0 spiro atoms. The number of aryl methyl sites for hydroxylation is 1. The van der Waals surface area contributed by atoms with E-state index in [0.717, 1.165) is 37.0 Å². The second-order valence-corrected chi connectivity index (χ2v) is 8.34. The summed E-state index contributed by atoms with van der Waals surface area (Å²) in [5, 5.41) is 4.07. The molecule has 2 amide bonds. The Hall–Kier alpha value is -2.58. The van der Waals surface area contributed by atoms with Crippen LogP contribution >= 0.6 is 0 Å². The molecular formula is C20H24FN5O3. The average molecular weight is 401 g/mol. The molecular weight excluding hydrogens is 377 g/mol. The van der Waals surface area contributed by atoms with Crippen LogP contribution in [-0.2, 0) is 17.6 Å². The van der Waals surface area contributed by atoms with E-state index in [-0.39, 0.29) is 23.5 Å².